The minimum Gasteiger partial charge on any atom is -0.384 e. The first kappa shape index (κ1) is 26.6. The van der Waals surface area contributed by atoms with Gasteiger partial charge in [-0.1, -0.05) is 11.6 Å². The fourth-order valence-electron chi connectivity index (χ4n) is 3.68. The van der Waals surface area contributed by atoms with E-state index in [1.165, 1.54) is 36.4 Å². The maximum atomic E-state index is 13.1. The minimum atomic E-state index is -4.07. The third-order valence-corrected chi connectivity index (χ3v) is 8.50. The number of rotatable bonds is 8. The zero-order valence-corrected chi connectivity index (χ0v) is 22.3. The first-order chi connectivity index (χ1) is 17.5. The number of amides is 4. The van der Waals surface area contributed by atoms with E-state index in [2.05, 4.69) is 10.6 Å². The van der Waals surface area contributed by atoms with Crippen LogP contribution in [0.1, 0.15) is 15.9 Å². The van der Waals surface area contributed by atoms with Crippen LogP contribution in [0.15, 0.2) is 58.8 Å². The van der Waals surface area contributed by atoms with E-state index in [1.807, 2.05) is 35.9 Å². The number of carbonyl (C=O) groups is 3. The molecule has 3 aromatic rings. The number of benzene rings is 2. The van der Waals surface area contributed by atoms with Crippen LogP contribution in [0.2, 0.25) is 4.34 Å². The third kappa shape index (κ3) is 6.28. The van der Waals surface area contributed by atoms with Crippen molar-refractivity contribution in [3.8, 4) is 0 Å². The standard InChI is InChI=1S/C24H24ClN5O5S2/c1-29(2)12-11-26-17-5-8-19-15(13-17)14-21(31)30(23(19)32)18-6-3-16(4-7-18)27-24(33)28-37(34,35)22-10-9-20(25)36-22/h3-10,13,26H,11-12,14H2,1-2H3,(H2,27,28,33). The molecule has 0 atom stereocenters. The Morgan fingerprint density at radius 1 is 1.05 bits per heavy atom. The highest BCUT2D eigenvalue weighted by molar-refractivity contribution is 7.92. The Balaban J connectivity index is 1.42. The molecule has 0 spiro atoms. The number of sulfonamides is 1. The van der Waals surface area contributed by atoms with Crippen molar-refractivity contribution in [1.29, 1.82) is 0 Å². The Morgan fingerprint density at radius 2 is 1.76 bits per heavy atom. The lowest BCUT2D eigenvalue weighted by Gasteiger charge is -2.27. The lowest BCUT2D eigenvalue weighted by Crippen LogP contribution is -2.42. The van der Waals surface area contributed by atoms with Crippen LogP contribution >= 0.6 is 22.9 Å². The fraction of sp³-hybridized carbons (Fsp3) is 0.208. The fourth-order valence-corrected chi connectivity index (χ4v) is 6.07. The van der Waals surface area contributed by atoms with Crippen LogP contribution in [0.5, 0.6) is 0 Å². The van der Waals surface area contributed by atoms with Gasteiger partial charge in [0.05, 0.1) is 16.4 Å². The number of hydrogen-bond acceptors (Lipinski definition) is 8. The van der Waals surface area contributed by atoms with E-state index in [1.54, 1.807) is 6.07 Å². The SMILES string of the molecule is CN(C)CCNc1ccc2c(c1)CC(=O)N(c1ccc(NC(=O)NS(=O)(=O)c3ccc(Cl)s3)cc1)C2=O. The smallest absolute Gasteiger partial charge is 0.333 e. The van der Waals surface area contributed by atoms with Gasteiger partial charge in [0.25, 0.3) is 15.9 Å². The van der Waals surface area contributed by atoms with Crippen molar-refractivity contribution in [3.63, 3.8) is 0 Å². The molecule has 10 nitrogen and oxygen atoms in total. The summed E-state index contributed by atoms with van der Waals surface area (Å²) in [6.45, 7) is 1.57. The number of halogens is 1. The number of hydrogen-bond donors (Lipinski definition) is 3. The number of urea groups is 1. The summed E-state index contributed by atoms with van der Waals surface area (Å²) < 4.78 is 26.6. The summed E-state index contributed by atoms with van der Waals surface area (Å²) in [5.41, 5.74) is 2.54. The molecule has 0 saturated carbocycles. The van der Waals surface area contributed by atoms with Crippen molar-refractivity contribution >= 4 is 67.9 Å². The molecule has 13 heteroatoms. The zero-order valence-electron chi connectivity index (χ0n) is 19.9. The largest absolute Gasteiger partial charge is 0.384 e. The normalized spacial score (nSPS) is 13.5. The molecule has 1 aromatic heterocycles. The Bertz CT molecular complexity index is 1450. The van der Waals surface area contributed by atoms with Gasteiger partial charge < -0.3 is 15.5 Å². The van der Waals surface area contributed by atoms with E-state index in [9.17, 15) is 22.8 Å². The summed E-state index contributed by atoms with van der Waals surface area (Å²) in [5.74, 6) is -0.813. The Hall–Kier alpha value is -3.45. The Morgan fingerprint density at radius 3 is 2.41 bits per heavy atom. The summed E-state index contributed by atoms with van der Waals surface area (Å²) in [7, 11) is -0.117. The molecule has 37 heavy (non-hydrogen) atoms. The maximum Gasteiger partial charge on any atom is 0.333 e. The summed E-state index contributed by atoms with van der Waals surface area (Å²) in [6, 6.07) is 13.0. The number of nitrogens with zero attached hydrogens (tertiary/aromatic N) is 2. The second-order valence-corrected chi connectivity index (χ2v) is 12.1. The van der Waals surface area contributed by atoms with Crippen molar-refractivity contribution in [2.24, 2.45) is 0 Å². The molecule has 3 N–H and O–H groups in total. The van der Waals surface area contributed by atoms with Gasteiger partial charge >= 0.3 is 6.03 Å². The van der Waals surface area contributed by atoms with E-state index in [4.69, 9.17) is 11.6 Å². The highest BCUT2D eigenvalue weighted by Gasteiger charge is 2.32. The van der Waals surface area contributed by atoms with E-state index in [0.717, 1.165) is 35.0 Å². The average molecular weight is 562 g/mol. The van der Waals surface area contributed by atoms with Crippen molar-refractivity contribution in [2.75, 3.05) is 42.7 Å². The molecular formula is C24H24ClN5O5S2. The van der Waals surface area contributed by atoms with Gasteiger partial charge in [-0.05, 0) is 74.3 Å². The highest BCUT2D eigenvalue weighted by Crippen LogP contribution is 2.29. The summed E-state index contributed by atoms with van der Waals surface area (Å²) in [6.07, 6.45) is 0.0667. The number of fused-ring (bicyclic) bond motifs is 1. The molecule has 194 valence electrons. The monoisotopic (exact) mass is 561 g/mol. The molecule has 0 radical (unpaired) electrons. The van der Waals surface area contributed by atoms with Gasteiger partial charge in [-0.15, -0.1) is 11.3 Å². The van der Waals surface area contributed by atoms with Crippen LogP contribution < -0.4 is 20.3 Å². The minimum absolute atomic E-state index is 0.0667. The van der Waals surface area contributed by atoms with Gasteiger partial charge in [0, 0.05) is 30.0 Å². The molecule has 1 aliphatic heterocycles. The van der Waals surface area contributed by atoms with Gasteiger partial charge in [0.2, 0.25) is 5.91 Å². The summed E-state index contributed by atoms with van der Waals surface area (Å²) in [5, 5.41) is 5.70. The highest BCUT2D eigenvalue weighted by atomic mass is 35.5. The van der Waals surface area contributed by atoms with E-state index < -0.39 is 22.0 Å². The summed E-state index contributed by atoms with van der Waals surface area (Å²) in [4.78, 5) is 41.3. The molecule has 2 heterocycles. The van der Waals surface area contributed by atoms with Gasteiger partial charge in [-0.2, -0.15) is 0 Å². The molecule has 4 amide bonds. The Labute approximate surface area is 223 Å². The van der Waals surface area contributed by atoms with Gasteiger partial charge in [0.1, 0.15) is 4.21 Å². The number of imide groups is 1. The molecule has 0 aliphatic carbocycles. The van der Waals surface area contributed by atoms with E-state index >= 15 is 0 Å². The molecule has 2 aromatic carbocycles. The van der Waals surface area contributed by atoms with Crippen LogP contribution in [0, 0.1) is 0 Å². The molecular weight excluding hydrogens is 538 g/mol. The number of carbonyl (C=O) groups excluding carboxylic acids is 3. The lowest BCUT2D eigenvalue weighted by atomic mass is 9.97. The van der Waals surface area contributed by atoms with Crippen LogP contribution in [-0.2, 0) is 21.2 Å². The van der Waals surface area contributed by atoms with Crippen molar-refractivity contribution in [1.82, 2.24) is 9.62 Å². The van der Waals surface area contributed by atoms with Gasteiger partial charge in [-0.3, -0.25) is 9.59 Å². The lowest BCUT2D eigenvalue weighted by molar-refractivity contribution is -0.117. The topological polar surface area (TPSA) is 128 Å². The maximum absolute atomic E-state index is 13.1. The van der Waals surface area contributed by atoms with E-state index in [-0.39, 0.29) is 26.6 Å². The number of anilines is 3. The molecule has 0 fully saturated rings. The third-order valence-electron chi connectivity index (χ3n) is 5.44. The van der Waals surface area contributed by atoms with Crippen LogP contribution in [-0.4, -0.2) is 58.3 Å². The Kier molecular flexibility index (Phi) is 7.83. The summed E-state index contributed by atoms with van der Waals surface area (Å²) >= 11 is 6.59. The van der Waals surface area contributed by atoms with Crippen LogP contribution in [0.4, 0.5) is 21.9 Å². The predicted octanol–water partition coefficient (Wildman–Crippen LogP) is 3.61. The molecule has 0 unspecified atom stereocenters. The first-order valence-electron chi connectivity index (χ1n) is 11.1. The molecule has 1 aliphatic rings. The number of nitrogens with one attached hydrogen (secondary N) is 3. The van der Waals surface area contributed by atoms with Gasteiger partial charge in [-0.25, -0.2) is 22.8 Å². The molecule has 4 rings (SSSR count). The van der Waals surface area contributed by atoms with Crippen LogP contribution in [0.25, 0.3) is 0 Å². The van der Waals surface area contributed by atoms with Crippen molar-refractivity contribution in [2.45, 2.75) is 10.6 Å². The van der Waals surface area contributed by atoms with Gasteiger partial charge in [0.15, 0.2) is 0 Å². The average Bonchev–Trinajstić information content (AvgIpc) is 3.27. The second kappa shape index (κ2) is 10.9. The zero-order chi connectivity index (χ0) is 26.7. The predicted molar refractivity (Wildman–Crippen MR) is 144 cm³/mol. The second-order valence-electron chi connectivity index (χ2n) is 8.48. The molecule has 0 saturated heterocycles. The van der Waals surface area contributed by atoms with E-state index in [0.29, 0.717) is 16.8 Å². The number of thiophene rings is 1. The first-order valence-corrected chi connectivity index (χ1v) is 13.8. The van der Waals surface area contributed by atoms with Crippen molar-refractivity contribution in [3.05, 3.63) is 70.1 Å². The quantitative estimate of drug-likeness (QED) is 0.358. The number of likely N-dealkylation sites (N-methyl/N-ethyl adjacent to an activating group) is 1. The van der Waals surface area contributed by atoms with Crippen molar-refractivity contribution < 1.29 is 22.8 Å². The van der Waals surface area contributed by atoms with Crippen LogP contribution in [0.3, 0.4) is 0 Å². The molecule has 0 bridgehead atoms.